The van der Waals surface area contributed by atoms with Gasteiger partial charge in [-0.3, -0.25) is 9.69 Å². The molecule has 1 aliphatic rings. The minimum Gasteiger partial charge on any atom is -0.330 e. The number of halogens is 3. The Kier molecular flexibility index (Phi) is 3.20. The molecule has 1 aromatic rings. The van der Waals surface area contributed by atoms with Crippen molar-refractivity contribution < 1.29 is 18.0 Å². The average molecular weight is 260 g/mol. The van der Waals surface area contributed by atoms with E-state index in [2.05, 4.69) is 9.97 Å². The molecule has 1 amide bonds. The molecule has 0 saturated carbocycles. The van der Waals surface area contributed by atoms with Crippen LogP contribution in [0.2, 0.25) is 0 Å². The fraction of sp³-hybridized carbons (Fsp3) is 0.500. The van der Waals surface area contributed by atoms with E-state index in [9.17, 15) is 18.0 Å². The summed E-state index contributed by atoms with van der Waals surface area (Å²) in [7, 11) is 0. The molecule has 0 bridgehead atoms. The molecule has 98 valence electrons. The Morgan fingerprint density at radius 2 is 2.22 bits per heavy atom. The summed E-state index contributed by atoms with van der Waals surface area (Å²) in [5.74, 6) is -0.578. The number of alkyl halides is 3. The molecule has 8 heteroatoms. The first-order valence-corrected chi connectivity index (χ1v) is 5.32. The van der Waals surface area contributed by atoms with Crippen molar-refractivity contribution >= 4 is 11.9 Å². The molecule has 18 heavy (non-hydrogen) atoms. The summed E-state index contributed by atoms with van der Waals surface area (Å²) in [5.41, 5.74) is 4.38. The first-order valence-electron chi connectivity index (χ1n) is 5.32. The van der Waals surface area contributed by atoms with Crippen molar-refractivity contribution in [3.63, 3.8) is 0 Å². The van der Waals surface area contributed by atoms with Gasteiger partial charge in [-0.15, -0.1) is 0 Å². The number of carbonyl (C=O) groups is 1. The van der Waals surface area contributed by atoms with Gasteiger partial charge in [0, 0.05) is 19.2 Å². The second kappa shape index (κ2) is 4.52. The van der Waals surface area contributed by atoms with Gasteiger partial charge in [-0.05, 0) is 18.5 Å². The standard InChI is InChI=1S/C10H11F3N4O/c11-10(12,13)7-1-2-15-9(16-7)17-5-6(4-14)3-8(17)18/h1-2,6H,3-5,14H2. The van der Waals surface area contributed by atoms with Gasteiger partial charge in [0.15, 0.2) is 0 Å². The summed E-state index contributed by atoms with van der Waals surface area (Å²) in [4.78, 5) is 19.8. The molecule has 0 spiro atoms. The Balaban J connectivity index is 2.27. The minimum absolute atomic E-state index is 0.0596. The molecule has 1 atom stereocenters. The quantitative estimate of drug-likeness (QED) is 0.854. The lowest BCUT2D eigenvalue weighted by Crippen LogP contribution is -2.28. The first kappa shape index (κ1) is 12.7. The lowest BCUT2D eigenvalue weighted by molar-refractivity contribution is -0.141. The molecule has 5 nitrogen and oxygen atoms in total. The lowest BCUT2D eigenvalue weighted by Gasteiger charge is -2.15. The van der Waals surface area contributed by atoms with E-state index in [0.717, 1.165) is 17.2 Å². The zero-order valence-electron chi connectivity index (χ0n) is 9.31. The van der Waals surface area contributed by atoms with Crippen LogP contribution in [-0.2, 0) is 11.0 Å². The van der Waals surface area contributed by atoms with Crippen LogP contribution in [0.15, 0.2) is 12.3 Å². The number of rotatable bonds is 2. The van der Waals surface area contributed by atoms with Crippen LogP contribution in [0.1, 0.15) is 12.1 Å². The summed E-state index contributed by atoms with van der Waals surface area (Å²) in [6.45, 7) is 0.567. The Morgan fingerprint density at radius 3 is 2.78 bits per heavy atom. The highest BCUT2D eigenvalue weighted by Gasteiger charge is 2.35. The van der Waals surface area contributed by atoms with Gasteiger partial charge in [-0.1, -0.05) is 0 Å². The Labute approximate surface area is 101 Å². The van der Waals surface area contributed by atoms with E-state index in [1.54, 1.807) is 0 Å². The highest BCUT2D eigenvalue weighted by atomic mass is 19.4. The van der Waals surface area contributed by atoms with Gasteiger partial charge in [0.25, 0.3) is 0 Å². The Bertz CT molecular complexity index is 463. The maximum absolute atomic E-state index is 12.5. The summed E-state index contributed by atoms with van der Waals surface area (Å²) in [6.07, 6.45) is -3.34. The molecule has 2 heterocycles. The molecule has 0 radical (unpaired) electrons. The van der Waals surface area contributed by atoms with Crippen molar-refractivity contribution in [1.29, 1.82) is 0 Å². The minimum atomic E-state index is -4.55. The van der Waals surface area contributed by atoms with Crippen LogP contribution >= 0.6 is 0 Å². The van der Waals surface area contributed by atoms with Crippen LogP contribution in [0.3, 0.4) is 0 Å². The van der Waals surface area contributed by atoms with E-state index in [0.29, 0.717) is 6.54 Å². The van der Waals surface area contributed by atoms with Gasteiger partial charge >= 0.3 is 6.18 Å². The van der Waals surface area contributed by atoms with Crippen molar-refractivity contribution in [2.75, 3.05) is 18.0 Å². The van der Waals surface area contributed by atoms with Crippen molar-refractivity contribution in [2.24, 2.45) is 11.7 Å². The molecule has 1 fully saturated rings. The predicted molar refractivity (Wildman–Crippen MR) is 56.5 cm³/mol. The van der Waals surface area contributed by atoms with Gasteiger partial charge < -0.3 is 5.73 Å². The van der Waals surface area contributed by atoms with Crippen molar-refractivity contribution in [3.8, 4) is 0 Å². The maximum Gasteiger partial charge on any atom is 0.433 e. The number of nitrogens with zero attached hydrogens (tertiary/aromatic N) is 3. The van der Waals surface area contributed by atoms with Crippen LogP contribution in [0, 0.1) is 5.92 Å². The van der Waals surface area contributed by atoms with Crippen LogP contribution in [0.4, 0.5) is 19.1 Å². The monoisotopic (exact) mass is 260 g/mol. The van der Waals surface area contributed by atoms with Gasteiger partial charge in [-0.2, -0.15) is 13.2 Å². The van der Waals surface area contributed by atoms with E-state index in [4.69, 9.17) is 5.73 Å². The third-order valence-corrected chi connectivity index (χ3v) is 2.71. The maximum atomic E-state index is 12.5. The molecule has 0 aliphatic carbocycles. The Morgan fingerprint density at radius 1 is 1.50 bits per heavy atom. The molecule has 1 aromatic heterocycles. The molecule has 1 aliphatic heterocycles. The van der Waals surface area contributed by atoms with Gasteiger partial charge in [0.2, 0.25) is 11.9 Å². The van der Waals surface area contributed by atoms with Crippen molar-refractivity contribution in [1.82, 2.24) is 9.97 Å². The van der Waals surface area contributed by atoms with Crippen molar-refractivity contribution in [3.05, 3.63) is 18.0 Å². The zero-order chi connectivity index (χ0) is 13.3. The lowest BCUT2D eigenvalue weighted by atomic mass is 10.1. The molecule has 1 saturated heterocycles. The number of nitrogens with two attached hydrogens (primary N) is 1. The average Bonchev–Trinajstić information content (AvgIpc) is 2.70. The van der Waals surface area contributed by atoms with E-state index in [-0.39, 0.29) is 30.7 Å². The van der Waals surface area contributed by atoms with Crippen LogP contribution in [0.25, 0.3) is 0 Å². The SMILES string of the molecule is NCC1CC(=O)N(c2nccc(C(F)(F)F)n2)C1. The smallest absolute Gasteiger partial charge is 0.330 e. The van der Waals surface area contributed by atoms with Crippen LogP contribution in [-0.4, -0.2) is 29.0 Å². The second-order valence-corrected chi connectivity index (χ2v) is 4.05. The molecular formula is C10H11F3N4O. The summed E-state index contributed by atoms with van der Waals surface area (Å²) >= 11 is 0. The van der Waals surface area contributed by atoms with Crippen LogP contribution < -0.4 is 10.6 Å². The van der Waals surface area contributed by atoms with E-state index in [1.165, 1.54) is 0 Å². The van der Waals surface area contributed by atoms with E-state index < -0.39 is 11.9 Å². The van der Waals surface area contributed by atoms with Crippen LogP contribution in [0.5, 0.6) is 0 Å². The summed E-state index contributed by atoms with van der Waals surface area (Å²) < 4.78 is 37.4. The van der Waals surface area contributed by atoms with E-state index in [1.807, 2.05) is 0 Å². The topological polar surface area (TPSA) is 72.1 Å². The molecule has 2 rings (SSSR count). The number of hydrogen-bond acceptors (Lipinski definition) is 4. The molecular weight excluding hydrogens is 249 g/mol. The van der Waals surface area contributed by atoms with Gasteiger partial charge in [0.1, 0.15) is 5.69 Å². The predicted octanol–water partition coefficient (Wildman–Crippen LogP) is 0.807. The van der Waals surface area contributed by atoms with Gasteiger partial charge in [-0.25, -0.2) is 9.97 Å². The van der Waals surface area contributed by atoms with Crippen molar-refractivity contribution in [2.45, 2.75) is 12.6 Å². The zero-order valence-corrected chi connectivity index (χ0v) is 9.31. The Hall–Kier alpha value is -1.70. The third-order valence-electron chi connectivity index (χ3n) is 2.71. The number of carbonyl (C=O) groups excluding carboxylic acids is 1. The first-order chi connectivity index (χ1) is 8.41. The third kappa shape index (κ3) is 2.42. The molecule has 2 N–H and O–H groups in total. The number of amides is 1. The van der Waals surface area contributed by atoms with E-state index >= 15 is 0 Å². The number of aromatic nitrogens is 2. The highest BCUT2D eigenvalue weighted by Crippen LogP contribution is 2.29. The summed E-state index contributed by atoms with van der Waals surface area (Å²) in [6, 6.07) is 0.768. The fourth-order valence-electron chi connectivity index (χ4n) is 1.77. The summed E-state index contributed by atoms with van der Waals surface area (Å²) in [5, 5.41) is 0. The fourth-order valence-corrected chi connectivity index (χ4v) is 1.77. The second-order valence-electron chi connectivity index (χ2n) is 4.05. The largest absolute Gasteiger partial charge is 0.433 e. The number of anilines is 1. The normalized spacial score (nSPS) is 20.6. The molecule has 1 unspecified atom stereocenters. The number of hydrogen-bond donors (Lipinski definition) is 1. The highest BCUT2D eigenvalue weighted by molar-refractivity contribution is 5.94. The van der Waals surface area contributed by atoms with Gasteiger partial charge in [0.05, 0.1) is 0 Å². The molecule has 0 aromatic carbocycles.